The summed E-state index contributed by atoms with van der Waals surface area (Å²) in [5, 5.41) is 11.3. The highest BCUT2D eigenvalue weighted by Gasteiger charge is 2.29. The largest absolute Gasteiger partial charge is 0.392 e. The fraction of sp³-hybridized carbons (Fsp3) is 0.300. The third-order valence-electron chi connectivity index (χ3n) is 2.47. The van der Waals surface area contributed by atoms with Crippen LogP contribution in [0.4, 0.5) is 10.1 Å². The van der Waals surface area contributed by atoms with Crippen LogP contribution in [0.5, 0.6) is 0 Å². The summed E-state index contributed by atoms with van der Waals surface area (Å²) in [5.74, 6) is -1.02. The fourth-order valence-electron chi connectivity index (χ4n) is 1.62. The molecule has 1 aliphatic heterocycles. The van der Waals surface area contributed by atoms with Crippen LogP contribution in [-0.4, -0.2) is 11.0 Å². The minimum absolute atomic E-state index is 0.200. The molecule has 2 N–H and O–H groups in total. The van der Waals surface area contributed by atoms with Gasteiger partial charge in [-0.1, -0.05) is 6.07 Å². The number of benzene rings is 1. The number of carbonyl (C=O) groups excluding carboxylic acids is 1. The van der Waals surface area contributed by atoms with Gasteiger partial charge >= 0.3 is 0 Å². The summed E-state index contributed by atoms with van der Waals surface area (Å²) in [4.78, 5) is 11.2. The maximum atomic E-state index is 13.4. The molecule has 1 heterocycles. The Morgan fingerprint density at radius 3 is 2.93 bits per heavy atom. The van der Waals surface area contributed by atoms with Gasteiger partial charge in [-0.05, 0) is 24.1 Å². The summed E-state index contributed by atoms with van der Waals surface area (Å²) in [6, 6.07) is 2.89. The Balaban J connectivity index is 2.57. The molecular formula is C10H10FNO2. The number of nitrogens with one attached hydrogen (secondary N) is 1. The van der Waals surface area contributed by atoms with Gasteiger partial charge in [-0.3, -0.25) is 4.79 Å². The number of amides is 1. The Morgan fingerprint density at radius 2 is 2.29 bits per heavy atom. The second-order valence-corrected chi connectivity index (χ2v) is 3.41. The lowest BCUT2D eigenvalue weighted by Crippen LogP contribution is -2.08. The van der Waals surface area contributed by atoms with Crippen molar-refractivity contribution in [3.05, 3.63) is 29.1 Å². The maximum Gasteiger partial charge on any atom is 0.231 e. The summed E-state index contributed by atoms with van der Waals surface area (Å²) in [6.07, 6.45) is 0. The molecule has 74 valence electrons. The van der Waals surface area contributed by atoms with Crippen molar-refractivity contribution in [1.82, 2.24) is 0 Å². The van der Waals surface area contributed by atoms with E-state index >= 15 is 0 Å². The van der Waals surface area contributed by atoms with Crippen molar-refractivity contribution >= 4 is 11.6 Å². The van der Waals surface area contributed by atoms with Crippen molar-refractivity contribution in [3.8, 4) is 0 Å². The van der Waals surface area contributed by atoms with E-state index in [-0.39, 0.29) is 24.1 Å². The van der Waals surface area contributed by atoms with Gasteiger partial charge < -0.3 is 10.4 Å². The molecular weight excluding hydrogens is 185 g/mol. The summed E-state index contributed by atoms with van der Waals surface area (Å²) in [5.41, 5.74) is 1.36. The molecule has 0 radical (unpaired) electrons. The van der Waals surface area contributed by atoms with Crippen molar-refractivity contribution in [2.75, 3.05) is 5.32 Å². The predicted molar refractivity (Wildman–Crippen MR) is 49.4 cm³/mol. The SMILES string of the molecule is CC1C(=O)Nc2c(F)cc(CO)cc21. The van der Waals surface area contributed by atoms with Gasteiger partial charge in [-0.15, -0.1) is 0 Å². The number of anilines is 1. The normalized spacial score (nSPS) is 19.4. The van der Waals surface area contributed by atoms with Crippen molar-refractivity contribution < 1.29 is 14.3 Å². The number of fused-ring (bicyclic) bond motifs is 1. The molecule has 0 aliphatic carbocycles. The average molecular weight is 195 g/mol. The highest BCUT2D eigenvalue weighted by atomic mass is 19.1. The van der Waals surface area contributed by atoms with Crippen molar-refractivity contribution in [3.63, 3.8) is 0 Å². The van der Waals surface area contributed by atoms with E-state index in [4.69, 9.17) is 5.11 Å². The highest BCUT2D eigenvalue weighted by molar-refractivity contribution is 6.02. The lowest BCUT2D eigenvalue weighted by Gasteiger charge is -2.04. The van der Waals surface area contributed by atoms with Gasteiger partial charge in [0.1, 0.15) is 5.82 Å². The summed E-state index contributed by atoms with van der Waals surface area (Å²) in [6.45, 7) is 1.49. The second-order valence-electron chi connectivity index (χ2n) is 3.41. The molecule has 1 aromatic rings. The Morgan fingerprint density at radius 1 is 1.57 bits per heavy atom. The van der Waals surface area contributed by atoms with Gasteiger partial charge in [0.05, 0.1) is 18.2 Å². The van der Waals surface area contributed by atoms with E-state index < -0.39 is 5.82 Å². The fourth-order valence-corrected chi connectivity index (χ4v) is 1.62. The number of aliphatic hydroxyl groups is 1. The molecule has 14 heavy (non-hydrogen) atoms. The van der Waals surface area contributed by atoms with Gasteiger partial charge in [0.2, 0.25) is 5.91 Å². The van der Waals surface area contributed by atoms with Crippen LogP contribution in [-0.2, 0) is 11.4 Å². The zero-order chi connectivity index (χ0) is 10.3. The molecule has 0 aromatic heterocycles. The van der Waals surface area contributed by atoms with Gasteiger partial charge in [-0.25, -0.2) is 4.39 Å². The van der Waals surface area contributed by atoms with Crippen LogP contribution in [0.15, 0.2) is 12.1 Å². The predicted octanol–water partition coefficient (Wildman–Crippen LogP) is 1.37. The van der Waals surface area contributed by atoms with E-state index in [1.165, 1.54) is 6.07 Å². The standard InChI is InChI=1S/C10H10FNO2/c1-5-7-2-6(4-13)3-8(11)9(7)12-10(5)14/h2-3,5,13H,4H2,1H3,(H,12,14). The minimum atomic E-state index is -0.482. The van der Waals surface area contributed by atoms with Crippen LogP contribution in [0.1, 0.15) is 24.0 Å². The molecule has 0 saturated heterocycles. The van der Waals surface area contributed by atoms with Crippen LogP contribution < -0.4 is 5.32 Å². The van der Waals surface area contributed by atoms with Crippen LogP contribution in [0.2, 0.25) is 0 Å². The number of aliphatic hydroxyl groups excluding tert-OH is 1. The zero-order valence-corrected chi connectivity index (χ0v) is 7.67. The average Bonchev–Trinajstić information content (AvgIpc) is 2.45. The van der Waals surface area contributed by atoms with Crippen LogP contribution in [0, 0.1) is 5.82 Å². The number of rotatable bonds is 1. The molecule has 2 rings (SSSR count). The van der Waals surface area contributed by atoms with Crippen molar-refractivity contribution in [1.29, 1.82) is 0 Å². The first-order valence-corrected chi connectivity index (χ1v) is 4.37. The van der Waals surface area contributed by atoms with E-state index in [0.29, 0.717) is 11.1 Å². The summed E-state index contributed by atoms with van der Waals surface area (Å²) >= 11 is 0. The molecule has 0 fully saturated rings. The minimum Gasteiger partial charge on any atom is -0.392 e. The zero-order valence-electron chi connectivity index (χ0n) is 7.67. The summed E-state index contributed by atoms with van der Waals surface area (Å²) < 4.78 is 13.4. The topological polar surface area (TPSA) is 49.3 Å². The quantitative estimate of drug-likeness (QED) is 0.711. The molecule has 1 atom stereocenters. The Kier molecular flexibility index (Phi) is 2.00. The second kappa shape index (κ2) is 3.06. The van der Waals surface area contributed by atoms with Gasteiger partial charge in [0.25, 0.3) is 0 Å². The Labute approximate surface area is 80.6 Å². The first kappa shape index (κ1) is 9.15. The van der Waals surface area contributed by atoms with E-state index in [0.717, 1.165) is 0 Å². The van der Waals surface area contributed by atoms with E-state index in [1.54, 1.807) is 13.0 Å². The number of halogens is 1. The molecule has 1 unspecified atom stereocenters. The first-order valence-electron chi connectivity index (χ1n) is 4.37. The lowest BCUT2D eigenvalue weighted by molar-refractivity contribution is -0.116. The Bertz CT molecular complexity index is 403. The Hall–Kier alpha value is -1.42. The van der Waals surface area contributed by atoms with Gasteiger partial charge in [0, 0.05) is 0 Å². The molecule has 0 spiro atoms. The number of hydrogen-bond acceptors (Lipinski definition) is 2. The molecule has 0 saturated carbocycles. The molecule has 1 aromatic carbocycles. The van der Waals surface area contributed by atoms with E-state index in [9.17, 15) is 9.18 Å². The first-order chi connectivity index (χ1) is 6.63. The number of carbonyl (C=O) groups is 1. The third-order valence-corrected chi connectivity index (χ3v) is 2.47. The summed E-state index contributed by atoms with van der Waals surface area (Å²) in [7, 11) is 0. The van der Waals surface area contributed by atoms with Crippen LogP contribution in [0.3, 0.4) is 0 Å². The molecule has 0 bridgehead atoms. The molecule has 4 heteroatoms. The molecule has 1 amide bonds. The van der Waals surface area contributed by atoms with E-state index in [2.05, 4.69) is 5.32 Å². The third kappa shape index (κ3) is 1.19. The highest BCUT2D eigenvalue weighted by Crippen LogP contribution is 2.34. The maximum absolute atomic E-state index is 13.4. The lowest BCUT2D eigenvalue weighted by atomic mass is 10.0. The van der Waals surface area contributed by atoms with Crippen LogP contribution in [0.25, 0.3) is 0 Å². The van der Waals surface area contributed by atoms with Gasteiger partial charge in [-0.2, -0.15) is 0 Å². The molecule has 3 nitrogen and oxygen atoms in total. The smallest absolute Gasteiger partial charge is 0.231 e. The number of hydrogen-bond donors (Lipinski definition) is 2. The van der Waals surface area contributed by atoms with Crippen molar-refractivity contribution in [2.24, 2.45) is 0 Å². The van der Waals surface area contributed by atoms with Gasteiger partial charge in [0.15, 0.2) is 0 Å². The van der Waals surface area contributed by atoms with Crippen LogP contribution >= 0.6 is 0 Å². The van der Waals surface area contributed by atoms with E-state index in [1.807, 2.05) is 0 Å². The monoisotopic (exact) mass is 195 g/mol. The molecule has 1 aliphatic rings. The van der Waals surface area contributed by atoms with Crippen molar-refractivity contribution in [2.45, 2.75) is 19.4 Å².